The molecule has 0 spiro atoms. The van der Waals surface area contributed by atoms with Gasteiger partial charge in [0.2, 0.25) is 0 Å². The third kappa shape index (κ3) is 5.17. The number of thiocarbonyl (C=S) groups is 1. The lowest BCUT2D eigenvalue weighted by Gasteiger charge is -2.29. The highest BCUT2D eigenvalue weighted by Crippen LogP contribution is 2.38. The summed E-state index contributed by atoms with van der Waals surface area (Å²) in [5, 5.41) is 2.79. The first-order valence-electron chi connectivity index (χ1n) is 10.3. The highest BCUT2D eigenvalue weighted by atomic mass is 35.5. The van der Waals surface area contributed by atoms with Gasteiger partial charge in [0.15, 0.2) is 16.6 Å². The summed E-state index contributed by atoms with van der Waals surface area (Å²) >= 11 is 24.0. The fourth-order valence-corrected chi connectivity index (χ4v) is 4.36. The Morgan fingerprint density at radius 1 is 1.06 bits per heavy atom. The quantitative estimate of drug-likeness (QED) is 0.219. The molecule has 6 nitrogen and oxygen atoms in total. The van der Waals surface area contributed by atoms with Crippen molar-refractivity contribution in [3.63, 3.8) is 0 Å². The Kier molecular flexibility index (Phi) is 7.80. The number of halogens is 4. The molecule has 1 fully saturated rings. The number of nitrogens with one attached hydrogen (secondary N) is 1. The Hall–Kier alpha value is -3.17. The maximum Gasteiger partial charge on any atom is 0.270 e. The van der Waals surface area contributed by atoms with Crippen molar-refractivity contribution in [2.45, 2.75) is 6.61 Å². The third-order valence-corrected chi connectivity index (χ3v) is 6.54. The molecule has 1 aliphatic rings. The van der Waals surface area contributed by atoms with E-state index in [0.717, 1.165) is 4.90 Å². The SMILES string of the molecule is COc1cc(/C=C2\C(=O)NC(=S)N(c3cccc(Cl)c3Cl)C2=O)cc(Cl)c1OCc1ccccc1F. The van der Waals surface area contributed by atoms with Crippen LogP contribution in [0.3, 0.4) is 0 Å². The van der Waals surface area contributed by atoms with E-state index in [1.54, 1.807) is 36.4 Å². The molecule has 0 bridgehead atoms. The van der Waals surface area contributed by atoms with E-state index in [1.165, 1.54) is 31.4 Å². The Morgan fingerprint density at radius 3 is 2.53 bits per heavy atom. The Bertz CT molecular complexity index is 1430. The molecule has 0 radical (unpaired) electrons. The zero-order valence-corrected chi connectivity index (χ0v) is 21.6. The summed E-state index contributed by atoms with van der Waals surface area (Å²) in [7, 11) is 1.40. The molecule has 1 saturated heterocycles. The van der Waals surface area contributed by atoms with Crippen LogP contribution in [0.5, 0.6) is 11.5 Å². The van der Waals surface area contributed by atoms with Crippen LogP contribution in [0.2, 0.25) is 15.1 Å². The zero-order valence-electron chi connectivity index (χ0n) is 18.5. The molecule has 0 aromatic heterocycles. The number of anilines is 1. The monoisotopic (exact) mass is 564 g/mol. The van der Waals surface area contributed by atoms with E-state index in [0.29, 0.717) is 11.1 Å². The first-order valence-corrected chi connectivity index (χ1v) is 11.8. The number of benzene rings is 3. The second kappa shape index (κ2) is 10.8. The molecule has 1 heterocycles. The second-order valence-electron chi connectivity index (χ2n) is 7.44. The molecule has 4 rings (SSSR count). The van der Waals surface area contributed by atoms with Gasteiger partial charge < -0.3 is 9.47 Å². The van der Waals surface area contributed by atoms with E-state index >= 15 is 0 Å². The van der Waals surface area contributed by atoms with Crippen molar-refractivity contribution in [2.75, 3.05) is 12.0 Å². The maximum absolute atomic E-state index is 14.0. The summed E-state index contributed by atoms with van der Waals surface area (Å²) in [6, 6.07) is 13.9. The topological polar surface area (TPSA) is 67.9 Å². The van der Waals surface area contributed by atoms with Crippen LogP contribution >= 0.6 is 47.0 Å². The molecule has 1 aliphatic heterocycles. The van der Waals surface area contributed by atoms with Crippen LogP contribution in [-0.4, -0.2) is 24.0 Å². The normalized spacial score (nSPS) is 14.8. The molecule has 0 unspecified atom stereocenters. The number of rotatable bonds is 6. The highest BCUT2D eigenvalue weighted by molar-refractivity contribution is 7.80. The molecule has 1 N–H and O–H groups in total. The van der Waals surface area contributed by atoms with Crippen molar-refractivity contribution in [3.05, 3.63) is 92.2 Å². The molecular weight excluding hydrogens is 550 g/mol. The van der Waals surface area contributed by atoms with Crippen LogP contribution in [0.25, 0.3) is 6.08 Å². The van der Waals surface area contributed by atoms with Gasteiger partial charge in [-0.1, -0.05) is 59.1 Å². The highest BCUT2D eigenvalue weighted by Gasteiger charge is 2.35. The smallest absolute Gasteiger partial charge is 0.270 e. The summed E-state index contributed by atoms with van der Waals surface area (Å²) in [6.45, 7) is -0.0864. The van der Waals surface area contributed by atoms with Crippen LogP contribution in [0.4, 0.5) is 10.1 Å². The van der Waals surface area contributed by atoms with Crippen LogP contribution in [0.1, 0.15) is 11.1 Å². The van der Waals surface area contributed by atoms with Gasteiger partial charge >= 0.3 is 0 Å². The van der Waals surface area contributed by atoms with Gasteiger partial charge in [-0.15, -0.1) is 0 Å². The number of hydrogen-bond acceptors (Lipinski definition) is 5. The van der Waals surface area contributed by atoms with Crippen LogP contribution in [0, 0.1) is 5.82 Å². The maximum atomic E-state index is 14.0. The van der Waals surface area contributed by atoms with Gasteiger partial charge in [0, 0.05) is 5.56 Å². The predicted molar refractivity (Wildman–Crippen MR) is 141 cm³/mol. The van der Waals surface area contributed by atoms with Crippen LogP contribution in [0.15, 0.2) is 60.2 Å². The van der Waals surface area contributed by atoms with Gasteiger partial charge in [-0.05, 0) is 54.2 Å². The summed E-state index contributed by atoms with van der Waals surface area (Å²) < 4.78 is 25.0. The standard InChI is InChI=1S/C25H16Cl3FN2O4S/c1-34-20-11-13(10-17(27)22(20)35-12-14-5-2-3-7-18(14)29)9-15-23(32)30-25(36)31(24(15)33)19-8-4-6-16(26)21(19)28/h2-11H,12H2,1H3,(H,30,32,36)/b15-9+. The number of carbonyl (C=O) groups excluding carboxylic acids is 2. The second-order valence-corrected chi connectivity index (χ2v) is 9.02. The van der Waals surface area contributed by atoms with Crippen molar-refractivity contribution in [2.24, 2.45) is 0 Å². The lowest BCUT2D eigenvalue weighted by molar-refractivity contribution is -0.122. The van der Waals surface area contributed by atoms with Crippen molar-refractivity contribution >= 4 is 75.7 Å². The van der Waals surface area contributed by atoms with Gasteiger partial charge in [-0.3, -0.25) is 19.8 Å². The average Bonchev–Trinajstić information content (AvgIpc) is 2.84. The number of ether oxygens (including phenoxy) is 2. The minimum Gasteiger partial charge on any atom is -0.493 e. The molecule has 184 valence electrons. The zero-order chi connectivity index (χ0) is 26.0. The predicted octanol–water partition coefficient (Wildman–Crippen LogP) is 6.20. The Morgan fingerprint density at radius 2 is 1.81 bits per heavy atom. The van der Waals surface area contributed by atoms with Gasteiger partial charge in [-0.2, -0.15) is 0 Å². The summed E-state index contributed by atoms with van der Waals surface area (Å²) in [4.78, 5) is 27.0. The van der Waals surface area contributed by atoms with E-state index in [-0.39, 0.29) is 49.5 Å². The van der Waals surface area contributed by atoms with Gasteiger partial charge in [0.05, 0.1) is 27.9 Å². The van der Waals surface area contributed by atoms with Crippen molar-refractivity contribution < 1.29 is 23.5 Å². The number of carbonyl (C=O) groups is 2. The molecular formula is C25H16Cl3FN2O4S. The van der Waals surface area contributed by atoms with Crippen LogP contribution < -0.4 is 19.7 Å². The fraction of sp³-hybridized carbons (Fsp3) is 0.0800. The minimum absolute atomic E-state index is 0.0864. The molecule has 3 aromatic carbocycles. The third-order valence-electron chi connectivity index (χ3n) is 5.17. The molecule has 0 atom stereocenters. The van der Waals surface area contributed by atoms with E-state index in [1.807, 2.05) is 0 Å². The summed E-state index contributed by atoms with van der Waals surface area (Å²) in [5.41, 5.74) is 0.705. The van der Waals surface area contributed by atoms with E-state index in [9.17, 15) is 14.0 Å². The van der Waals surface area contributed by atoms with E-state index < -0.39 is 17.6 Å². The molecule has 3 aromatic rings. The Labute approximate surface area is 226 Å². The van der Waals surface area contributed by atoms with Crippen molar-refractivity contribution in [1.29, 1.82) is 0 Å². The van der Waals surface area contributed by atoms with Gasteiger partial charge in [0.25, 0.3) is 11.8 Å². The largest absolute Gasteiger partial charge is 0.493 e. The van der Waals surface area contributed by atoms with Gasteiger partial charge in [0.1, 0.15) is 18.0 Å². The lowest BCUT2D eigenvalue weighted by atomic mass is 10.1. The van der Waals surface area contributed by atoms with Crippen molar-refractivity contribution in [1.82, 2.24) is 5.32 Å². The van der Waals surface area contributed by atoms with Gasteiger partial charge in [-0.25, -0.2) is 4.39 Å². The lowest BCUT2D eigenvalue weighted by Crippen LogP contribution is -2.54. The molecule has 0 saturated carbocycles. The summed E-state index contributed by atoms with van der Waals surface area (Å²) in [5.74, 6) is -1.42. The molecule has 0 aliphatic carbocycles. The number of amides is 2. The summed E-state index contributed by atoms with van der Waals surface area (Å²) in [6.07, 6.45) is 1.33. The van der Waals surface area contributed by atoms with Crippen LogP contribution in [-0.2, 0) is 16.2 Å². The first-order chi connectivity index (χ1) is 17.2. The average molecular weight is 566 g/mol. The van der Waals surface area contributed by atoms with Crippen molar-refractivity contribution in [3.8, 4) is 11.5 Å². The first kappa shape index (κ1) is 25.9. The minimum atomic E-state index is -0.706. The van der Waals surface area contributed by atoms with E-state index in [4.69, 9.17) is 56.5 Å². The fourth-order valence-electron chi connectivity index (χ4n) is 3.44. The number of nitrogens with zero attached hydrogens (tertiary/aromatic N) is 1. The number of methoxy groups -OCH3 is 1. The number of hydrogen-bond donors (Lipinski definition) is 1. The van der Waals surface area contributed by atoms with E-state index in [2.05, 4.69) is 5.32 Å². The molecule has 36 heavy (non-hydrogen) atoms. The molecule has 11 heteroatoms. The Balaban J connectivity index is 1.67. The molecule has 2 amide bonds.